The highest BCUT2D eigenvalue weighted by molar-refractivity contribution is 5.99. The van der Waals surface area contributed by atoms with Gasteiger partial charge in [-0.2, -0.15) is 0 Å². The largest absolute Gasteiger partial charge is 0.384 e. The van der Waals surface area contributed by atoms with Gasteiger partial charge in [-0.05, 0) is 42.7 Å². The Kier molecular flexibility index (Phi) is 4.25. The molecule has 0 saturated carbocycles. The number of amides is 1. The molecule has 1 fully saturated rings. The molecule has 0 unspecified atom stereocenters. The first kappa shape index (κ1) is 15.4. The van der Waals surface area contributed by atoms with Crippen LogP contribution in [0.4, 0.5) is 15.9 Å². The fourth-order valence-corrected chi connectivity index (χ4v) is 2.88. The molecule has 1 amide bonds. The van der Waals surface area contributed by atoms with Crippen molar-refractivity contribution in [1.82, 2.24) is 4.98 Å². The maximum atomic E-state index is 13.6. The van der Waals surface area contributed by atoms with Gasteiger partial charge in [0.2, 0.25) is 5.91 Å². The van der Waals surface area contributed by atoms with Gasteiger partial charge in [0.25, 0.3) is 0 Å². The van der Waals surface area contributed by atoms with Crippen molar-refractivity contribution in [3.05, 3.63) is 54.0 Å². The fraction of sp³-hybridized carbons (Fsp3) is 0.294. The van der Waals surface area contributed by atoms with E-state index in [0.29, 0.717) is 43.1 Å². The van der Waals surface area contributed by atoms with Crippen LogP contribution in [0, 0.1) is 5.82 Å². The van der Waals surface area contributed by atoms with Crippen molar-refractivity contribution in [2.24, 2.45) is 0 Å². The zero-order chi connectivity index (χ0) is 16.3. The minimum absolute atomic E-state index is 0.182. The highest BCUT2D eigenvalue weighted by Gasteiger charge is 2.42. The Balaban J connectivity index is 1.92. The molecule has 2 aromatic rings. The van der Waals surface area contributed by atoms with E-state index in [0.717, 1.165) is 0 Å². The Hall–Kier alpha value is -2.47. The summed E-state index contributed by atoms with van der Waals surface area (Å²) in [6.07, 6.45) is 2.52. The molecule has 1 saturated heterocycles. The Morgan fingerprint density at radius 2 is 2.04 bits per heavy atom. The lowest BCUT2D eigenvalue weighted by Gasteiger charge is -2.36. The number of anilines is 2. The van der Waals surface area contributed by atoms with Crippen LogP contribution in [0.1, 0.15) is 18.4 Å². The van der Waals surface area contributed by atoms with Crippen LogP contribution in [0.15, 0.2) is 42.6 Å². The molecule has 3 N–H and O–H groups in total. The van der Waals surface area contributed by atoms with Gasteiger partial charge in [0.1, 0.15) is 11.6 Å². The summed E-state index contributed by atoms with van der Waals surface area (Å²) in [5.41, 5.74) is 5.98. The summed E-state index contributed by atoms with van der Waals surface area (Å²) >= 11 is 0. The number of pyridine rings is 1. The smallest absolute Gasteiger partial charge is 0.235 e. The molecule has 1 aromatic carbocycles. The Bertz CT molecular complexity index is 697. The first-order chi connectivity index (χ1) is 11.1. The molecular formula is C17H18FN3O2. The van der Waals surface area contributed by atoms with Crippen LogP contribution in [0.5, 0.6) is 0 Å². The van der Waals surface area contributed by atoms with Crippen LogP contribution in [-0.2, 0) is 14.9 Å². The molecule has 120 valence electrons. The zero-order valence-corrected chi connectivity index (χ0v) is 12.6. The van der Waals surface area contributed by atoms with Gasteiger partial charge in [0.05, 0.1) is 17.3 Å². The third-order valence-corrected chi connectivity index (χ3v) is 4.20. The summed E-state index contributed by atoms with van der Waals surface area (Å²) in [6.45, 7) is 0.924. The monoisotopic (exact) mass is 315 g/mol. The van der Waals surface area contributed by atoms with Crippen molar-refractivity contribution in [2.75, 3.05) is 24.3 Å². The number of benzene rings is 1. The molecule has 0 spiro atoms. The maximum absolute atomic E-state index is 13.6. The summed E-state index contributed by atoms with van der Waals surface area (Å²) in [6, 6.07) is 9.52. The zero-order valence-electron chi connectivity index (χ0n) is 12.6. The summed E-state index contributed by atoms with van der Waals surface area (Å²) in [5, 5.41) is 2.86. The third-order valence-electron chi connectivity index (χ3n) is 4.20. The van der Waals surface area contributed by atoms with Gasteiger partial charge in [0.15, 0.2) is 0 Å². The Morgan fingerprint density at radius 1 is 1.26 bits per heavy atom. The standard InChI is InChI=1S/C17H18FN3O2/c18-13-3-1-2-12(10-13)17(6-8-23-9-7-17)16(22)21-14-4-5-15(19)20-11-14/h1-5,10-11H,6-9H2,(H2,19,20)(H,21,22). The van der Waals surface area contributed by atoms with Crippen molar-refractivity contribution < 1.29 is 13.9 Å². The molecule has 0 aliphatic carbocycles. The van der Waals surface area contributed by atoms with Crippen molar-refractivity contribution >= 4 is 17.4 Å². The number of carbonyl (C=O) groups is 1. The molecule has 5 nitrogen and oxygen atoms in total. The van der Waals surface area contributed by atoms with Gasteiger partial charge in [-0.3, -0.25) is 4.79 Å². The van der Waals surface area contributed by atoms with Crippen LogP contribution in [0.3, 0.4) is 0 Å². The van der Waals surface area contributed by atoms with E-state index in [9.17, 15) is 9.18 Å². The highest BCUT2D eigenvalue weighted by atomic mass is 19.1. The number of ether oxygens (including phenoxy) is 1. The predicted molar refractivity (Wildman–Crippen MR) is 85.4 cm³/mol. The highest BCUT2D eigenvalue weighted by Crippen LogP contribution is 2.36. The van der Waals surface area contributed by atoms with Crippen molar-refractivity contribution in [3.8, 4) is 0 Å². The number of nitrogen functional groups attached to an aromatic ring is 1. The van der Waals surface area contributed by atoms with E-state index >= 15 is 0 Å². The lowest BCUT2D eigenvalue weighted by atomic mass is 9.73. The van der Waals surface area contributed by atoms with E-state index in [1.54, 1.807) is 24.3 Å². The number of nitrogens with one attached hydrogen (secondary N) is 1. The average Bonchev–Trinajstić information content (AvgIpc) is 2.57. The minimum Gasteiger partial charge on any atom is -0.384 e. The molecule has 1 aliphatic heterocycles. The van der Waals surface area contributed by atoms with Crippen LogP contribution in [-0.4, -0.2) is 24.1 Å². The molecule has 3 rings (SSSR count). The van der Waals surface area contributed by atoms with Crippen molar-refractivity contribution in [3.63, 3.8) is 0 Å². The number of carbonyl (C=O) groups excluding carboxylic acids is 1. The van der Waals surface area contributed by atoms with E-state index in [2.05, 4.69) is 10.3 Å². The van der Waals surface area contributed by atoms with Crippen LogP contribution in [0.25, 0.3) is 0 Å². The molecule has 23 heavy (non-hydrogen) atoms. The molecule has 1 aromatic heterocycles. The van der Waals surface area contributed by atoms with Gasteiger partial charge < -0.3 is 15.8 Å². The third kappa shape index (κ3) is 3.17. The SMILES string of the molecule is Nc1ccc(NC(=O)C2(c3cccc(F)c3)CCOCC2)cn1. The number of nitrogens with two attached hydrogens (primary N) is 1. The molecular weight excluding hydrogens is 297 g/mol. The number of halogens is 1. The lowest BCUT2D eigenvalue weighted by Crippen LogP contribution is -2.44. The molecule has 6 heteroatoms. The molecule has 2 heterocycles. The van der Waals surface area contributed by atoms with Gasteiger partial charge in [0, 0.05) is 13.2 Å². The number of rotatable bonds is 3. The van der Waals surface area contributed by atoms with Gasteiger partial charge >= 0.3 is 0 Å². The summed E-state index contributed by atoms with van der Waals surface area (Å²) in [5.74, 6) is -0.151. The van der Waals surface area contributed by atoms with Gasteiger partial charge in [-0.15, -0.1) is 0 Å². The van der Waals surface area contributed by atoms with Crippen molar-refractivity contribution in [1.29, 1.82) is 0 Å². The quantitative estimate of drug-likeness (QED) is 0.912. The fourth-order valence-electron chi connectivity index (χ4n) is 2.88. The number of hydrogen-bond donors (Lipinski definition) is 2. The second kappa shape index (κ2) is 6.34. The number of hydrogen-bond acceptors (Lipinski definition) is 4. The van der Waals surface area contributed by atoms with E-state index in [1.807, 2.05) is 0 Å². The molecule has 0 bridgehead atoms. The van der Waals surface area contributed by atoms with Gasteiger partial charge in [-0.1, -0.05) is 12.1 Å². The second-order valence-electron chi connectivity index (χ2n) is 5.63. The van der Waals surface area contributed by atoms with Crippen LogP contribution < -0.4 is 11.1 Å². The first-order valence-corrected chi connectivity index (χ1v) is 7.47. The molecule has 0 atom stereocenters. The summed E-state index contributed by atoms with van der Waals surface area (Å²) in [4.78, 5) is 16.9. The minimum atomic E-state index is -0.804. The van der Waals surface area contributed by atoms with E-state index in [4.69, 9.17) is 10.5 Å². The van der Waals surface area contributed by atoms with Crippen molar-refractivity contribution in [2.45, 2.75) is 18.3 Å². The topological polar surface area (TPSA) is 77.2 Å². The normalized spacial score (nSPS) is 16.7. The van der Waals surface area contributed by atoms with E-state index in [-0.39, 0.29) is 11.7 Å². The predicted octanol–water partition coefficient (Wildman–Crippen LogP) is 2.49. The van der Waals surface area contributed by atoms with Gasteiger partial charge in [-0.25, -0.2) is 9.37 Å². The van der Waals surface area contributed by atoms with Crippen LogP contribution in [0.2, 0.25) is 0 Å². The van der Waals surface area contributed by atoms with Crippen LogP contribution >= 0.6 is 0 Å². The average molecular weight is 315 g/mol. The number of nitrogens with zero attached hydrogens (tertiary/aromatic N) is 1. The molecule has 0 radical (unpaired) electrons. The Morgan fingerprint density at radius 3 is 2.70 bits per heavy atom. The maximum Gasteiger partial charge on any atom is 0.235 e. The first-order valence-electron chi connectivity index (χ1n) is 7.47. The van der Waals surface area contributed by atoms with E-state index < -0.39 is 5.41 Å². The number of aromatic nitrogens is 1. The second-order valence-corrected chi connectivity index (χ2v) is 5.63. The summed E-state index contributed by atoms with van der Waals surface area (Å²) in [7, 11) is 0. The lowest BCUT2D eigenvalue weighted by molar-refractivity contribution is -0.125. The summed E-state index contributed by atoms with van der Waals surface area (Å²) < 4.78 is 19.0. The van der Waals surface area contributed by atoms with E-state index in [1.165, 1.54) is 18.3 Å². The molecule has 1 aliphatic rings. The Labute approximate surface area is 133 Å².